The molecular weight excluding hydrogens is 351 g/mol. The Morgan fingerprint density at radius 1 is 1.38 bits per heavy atom. The molecule has 0 bridgehead atoms. The lowest BCUT2D eigenvalue weighted by molar-refractivity contribution is -0.164. The number of hydrogen-bond acceptors (Lipinski definition) is 4. The molecule has 0 aromatic heterocycles. The average Bonchev–Trinajstić information content (AvgIpc) is 2.93. The predicted octanol–water partition coefficient (Wildman–Crippen LogP) is 3.08. The maximum absolute atomic E-state index is 12.9. The van der Waals surface area contributed by atoms with Crippen molar-refractivity contribution in [2.45, 2.75) is 38.1 Å². The van der Waals surface area contributed by atoms with Gasteiger partial charge in [0, 0.05) is 0 Å². The minimum absolute atomic E-state index is 0.0993. The Balaban J connectivity index is 2.24. The Bertz CT molecular complexity index is 660. The molecule has 1 fully saturated rings. The molecule has 2 rings (SSSR count). The van der Waals surface area contributed by atoms with E-state index < -0.39 is 42.7 Å². The number of aliphatic hydroxyl groups excluding tert-OH is 1. The number of alkyl halides is 3. The first-order valence-corrected chi connectivity index (χ1v) is 8.14. The lowest BCUT2D eigenvalue weighted by atomic mass is 9.94. The number of allylic oxidation sites excluding steroid dienone is 1. The quantitative estimate of drug-likeness (QED) is 0.781. The molecule has 1 N–H and O–H groups in total. The largest absolute Gasteiger partial charge is 0.447 e. The van der Waals surface area contributed by atoms with E-state index in [0.29, 0.717) is 4.90 Å². The van der Waals surface area contributed by atoms with Crippen LogP contribution in [0.3, 0.4) is 0 Å². The number of nitrogens with zero attached hydrogens (tertiary/aromatic N) is 1. The zero-order valence-corrected chi connectivity index (χ0v) is 14.1. The van der Waals surface area contributed by atoms with Gasteiger partial charge in [-0.25, -0.2) is 9.69 Å². The van der Waals surface area contributed by atoms with Gasteiger partial charge in [-0.1, -0.05) is 42.5 Å². The summed E-state index contributed by atoms with van der Waals surface area (Å²) in [5.74, 6) is -2.90. The SMILES string of the molecule is C/C=C/[C@@H](O)[C@H](CC(F)(F)F)C(=O)N1C(=O)OC[C@@H]1Cc1ccccc1. The van der Waals surface area contributed by atoms with Crippen molar-refractivity contribution >= 4 is 12.0 Å². The molecule has 0 unspecified atom stereocenters. The molecular formula is C18H20F3NO4. The molecule has 3 atom stereocenters. The van der Waals surface area contributed by atoms with Crippen LogP contribution in [0, 0.1) is 5.92 Å². The van der Waals surface area contributed by atoms with Gasteiger partial charge in [-0.2, -0.15) is 13.2 Å². The summed E-state index contributed by atoms with van der Waals surface area (Å²) in [6, 6.07) is 8.21. The monoisotopic (exact) mass is 371 g/mol. The van der Waals surface area contributed by atoms with Crippen molar-refractivity contribution in [3.8, 4) is 0 Å². The predicted molar refractivity (Wildman–Crippen MR) is 87.1 cm³/mol. The van der Waals surface area contributed by atoms with Crippen LogP contribution in [-0.4, -0.2) is 46.9 Å². The van der Waals surface area contributed by atoms with Crippen LogP contribution in [0.5, 0.6) is 0 Å². The number of benzene rings is 1. The Morgan fingerprint density at radius 3 is 2.62 bits per heavy atom. The number of hydrogen-bond donors (Lipinski definition) is 1. The van der Waals surface area contributed by atoms with Crippen LogP contribution >= 0.6 is 0 Å². The van der Waals surface area contributed by atoms with Crippen LogP contribution in [0.4, 0.5) is 18.0 Å². The number of ether oxygens (including phenoxy) is 1. The zero-order valence-electron chi connectivity index (χ0n) is 14.1. The number of amides is 2. The van der Waals surface area contributed by atoms with Crippen molar-refractivity contribution in [3.63, 3.8) is 0 Å². The second kappa shape index (κ2) is 8.35. The minimum Gasteiger partial charge on any atom is -0.447 e. The van der Waals surface area contributed by atoms with Gasteiger partial charge in [-0.3, -0.25) is 4.79 Å². The molecule has 1 saturated heterocycles. The number of carbonyl (C=O) groups excluding carboxylic acids is 2. The van der Waals surface area contributed by atoms with Gasteiger partial charge >= 0.3 is 12.3 Å². The number of aliphatic hydroxyl groups is 1. The van der Waals surface area contributed by atoms with E-state index in [9.17, 15) is 27.9 Å². The third-order valence-corrected chi connectivity index (χ3v) is 4.08. The molecule has 1 aromatic carbocycles. The smallest absolute Gasteiger partial charge is 0.416 e. The molecule has 1 aromatic rings. The molecule has 0 aliphatic carbocycles. The Morgan fingerprint density at radius 2 is 2.04 bits per heavy atom. The van der Waals surface area contributed by atoms with E-state index in [-0.39, 0.29) is 13.0 Å². The number of carbonyl (C=O) groups is 2. The molecule has 0 spiro atoms. The van der Waals surface area contributed by atoms with Gasteiger partial charge in [0.1, 0.15) is 6.61 Å². The Kier molecular flexibility index (Phi) is 6.42. The minimum atomic E-state index is -4.67. The first-order valence-electron chi connectivity index (χ1n) is 8.14. The molecule has 1 aliphatic heterocycles. The number of halogens is 3. The highest BCUT2D eigenvalue weighted by Gasteiger charge is 2.46. The van der Waals surface area contributed by atoms with E-state index in [4.69, 9.17) is 4.74 Å². The van der Waals surface area contributed by atoms with Crippen molar-refractivity contribution in [2.75, 3.05) is 6.61 Å². The number of imide groups is 1. The second-order valence-electron chi connectivity index (χ2n) is 6.07. The highest BCUT2D eigenvalue weighted by atomic mass is 19.4. The molecule has 8 heteroatoms. The fraction of sp³-hybridized carbons (Fsp3) is 0.444. The molecule has 26 heavy (non-hydrogen) atoms. The molecule has 2 amide bonds. The summed E-state index contributed by atoms with van der Waals surface area (Å²) in [4.78, 5) is 25.4. The van der Waals surface area contributed by atoms with Gasteiger partial charge in [0.05, 0.1) is 24.5 Å². The van der Waals surface area contributed by atoms with Gasteiger partial charge in [0.2, 0.25) is 5.91 Å². The topological polar surface area (TPSA) is 66.8 Å². The van der Waals surface area contributed by atoms with E-state index in [1.54, 1.807) is 30.3 Å². The molecule has 1 aliphatic rings. The van der Waals surface area contributed by atoms with Crippen LogP contribution in [-0.2, 0) is 16.0 Å². The summed E-state index contributed by atoms with van der Waals surface area (Å²) >= 11 is 0. The van der Waals surface area contributed by atoms with E-state index in [1.165, 1.54) is 13.0 Å². The highest BCUT2D eigenvalue weighted by Crippen LogP contribution is 2.30. The first-order chi connectivity index (χ1) is 12.2. The van der Waals surface area contributed by atoms with Crippen LogP contribution < -0.4 is 0 Å². The molecule has 0 saturated carbocycles. The van der Waals surface area contributed by atoms with E-state index in [1.807, 2.05) is 0 Å². The van der Waals surface area contributed by atoms with Crippen molar-refractivity contribution in [3.05, 3.63) is 48.0 Å². The van der Waals surface area contributed by atoms with Gasteiger partial charge < -0.3 is 9.84 Å². The summed E-state index contributed by atoms with van der Waals surface area (Å²) < 4.78 is 43.5. The fourth-order valence-electron chi connectivity index (χ4n) is 2.88. The third kappa shape index (κ3) is 5.08. The average molecular weight is 371 g/mol. The first kappa shape index (κ1) is 20.0. The van der Waals surface area contributed by atoms with Gasteiger partial charge in [-0.15, -0.1) is 0 Å². The molecule has 5 nitrogen and oxygen atoms in total. The maximum atomic E-state index is 12.9. The van der Waals surface area contributed by atoms with Gasteiger partial charge in [-0.05, 0) is 18.9 Å². The standard InChI is InChI=1S/C18H20F3NO4/c1-2-6-15(23)14(10-18(19,20)21)16(24)22-13(11-26-17(22)25)9-12-7-4-3-5-8-12/h2-8,13-15,23H,9-11H2,1H3/b6-2+/t13-,14-,15+/m0/s1. The van der Waals surface area contributed by atoms with Crippen molar-refractivity contribution in [1.82, 2.24) is 4.90 Å². The molecule has 0 radical (unpaired) electrons. The molecule has 142 valence electrons. The number of rotatable bonds is 6. The van der Waals surface area contributed by atoms with Crippen LogP contribution in [0.2, 0.25) is 0 Å². The second-order valence-corrected chi connectivity index (χ2v) is 6.07. The summed E-state index contributed by atoms with van der Waals surface area (Å²) in [7, 11) is 0. The summed E-state index contributed by atoms with van der Waals surface area (Å²) in [5.41, 5.74) is 0.815. The Hall–Kier alpha value is -2.35. The van der Waals surface area contributed by atoms with Crippen LogP contribution in [0.15, 0.2) is 42.5 Å². The zero-order chi connectivity index (χ0) is 19.3. The van der Waals surface area contributed by atoms with Crippen molar-refractivity contribution < 1.29 is 32.6 Å². The summed E-state index contributed by atoms with van der Waals surface area (Å²) in [6.45, 7) is 1.42. The lowest BCUT2D eigenvalue weighted by Gasteiger charge is -2.27. The summed E-state index contributed by atoms with van der Waals surface area (Å²) in [5, 5.41) is 9.98. The fourth-order valence-corrected chi connectivity index (χ4v) is 2.88. The van der Waals surface area contributed by atoms with E-state index >= 15 is 0 Å². The molecule has 1 heterocycles. The highest BCUT2D eigenvalue weighted by molar-refractivity contribution is 5.95. The van der Waals surface area contributed by atoms with Crippen LogP contribution in [0.1, 0.15) is 18.9 Å². The van der Waals surface area contributed by atoms with Gasteiger partial charge in [0.25, 0.3) is 0 Å². The van der Waals surface area contributed by atoms with Crippen molar-refractivity contribution in [2.24, 2.45) is 5.92 Å². The normalized spacial score (nSPS) is 20.3. The van der Waals surface area contributed by atoms with E-state index in [2.05, 4.69) is 0 Å². The Labute approximate surface area is 149 Å². The van der Waals surface area contributed by atoms with Crippen LogP contribution in [0.25, 0.3) is 0 Å². The van der Waals surface area contributed by atoms with Gasteiger partial charge in [0.15, 0.2) is 0 Å². The number of cyclic esters (lactones) is 1. The third-order valence-electron chi connectivity index (χ3n) is 4.08. The van der Waals surface area contributed by atoms with Crippen molar-refractivity contribution in [1.29, 1.82) is 0 Å². The summed E-state index contributed by atoms with van der Waals surface area (Å²) in [6.07, 6.45) is -6.12. The maximum Gasteiger partial charge on any atom is 0.416 e. The lowest BCUT2D eigenvalue weighted by Crippen LogP contribution is -2.47. The van der Waals surface area contributed by atoms with E-state index in [0.717, 1.165) is 11.6 Å².